The molecule has 4 N–H and O–H groups in total. The standard InChI is InChI=1S/C9H6O6/c10-4-2-1-3-5(6(4)11)7(12)9(14)15-8(3)13/h1-2,10-13H. The molecule has 0 saturated heterocycles. The highest BCUT2D eigenvalue weighted by molar-refractivity contribution is 5.96. The normalized spacial score (nSPS) is 10.7. The van der Waals surface area contributed by atoms with Gasteiger partial charge in [0.15, 0.2) is 11.5 Å². The van der Waals surface area contributed by atoms with E-state index in [9.17, 15) is 20.1 Å². The molecule has 0 atom stereocenters. The Labute approximate surface area is 82.3 Å². The molecule has 2 aromatic rings. The summed E-state index contributed by atoms with van der Waals surface area (Å²) in [6, 6.07) is 2.29. The van der Waals surface area contributed by atoms with Gasteiger partial charge in [-0.05, 0) is 12.1 Å². The van der Waals surface area contributed by atoms with E-state index < -0.39 is 28.8 Å². The minimum atomic E-state index is -1.19. The Morgan fingerprint density at radius 3 is 2.33 bits per heavy atom. The molecule has 0 saturated carbocycles. The van der Waals surface area contributed by atoms with Crippen LogP contribution in [0.4, 0.5) is 0 Å². The van der Waals surface area contributed by atoms with Crippen LogP contribution in [0.25, 0.3) is 10.8 Å². The Balaban J connectivity index is 3.11. The van der Waals surface area contributed by atoms with E-state index in [1.165, 1.54) is 6.07 Å². The second-order valence-electron chi connectivity index (χ2n) is 2.90. The van der Waals surface area contributed by atoms with Gasteiger partial charge in [0, 0.05) is 0 Å². The summed E-state index contributed by atoms with van der Waals surface area (Å²) in [5, 5.41) is 36.6. The molecule has 2 rings (SSSR count). The quantitative estimate of drug-likeness (QED) is 0.474. The van der Waals surface area contributed by atoms with Gasteiger partial charge in [0.1, 0.15) is 0 Å². The SMILES string of the molecule is O=c1oc(O)c2ccc(O)c(O)c2c1O. The van der Waals surface area contributed by atoms with Gasteiger partial charge in [-0.2, -0.15) is 0 Å². The number of aromatic hydroxyl groups is 4. The summed E-state index contributed by atoms with van der Waals surface area (Å²) in [4.78, 5) is 10.9. The van der Waals surface area contributed by atoms with Crippen molar-refractivity contribution in [3.63, 3.8) is 0 Å². The molecule has 1 heterocycles. The van der Waals surface area contributed by atoms with E-state index in [0.717, 1.165) is 6.07 Å². The molecule has 0 bridgehead atoms. The van der Waals surface area contributed by atoms with E-state index in [1.807, 2.05) is 0 Å². The number of phenolic OH excluding ortho intramolecular Hbond substituents is 2. The maximum absolute atomic E-state index is 10.9. The molecular formula is C9H6O6. The third-order valence-corrected chi connectivity index (χ3v) is 2.01. The summed E-state index contributed by atoms with van der Waals surface area (Å²) >= 11 is 0. The number of benzene rings is 1. The number of hydrogen-bond acceptors (Lipinski definition) is 6. The second-order valence-corrected chi connectivity index (χ2v) is 2.90. The fraction of sp³-hybridized carbons (Fsp3) is 0. The topological polar surface area (TPSA) is 111 Å². The van der Waals surface area contributed by atoms with Crippen molar-refractivity contribution in [3.05, 3.63) is 22.6 Å². The van der Waals surface area contributed by atoms with Crippen LogP contribution in [-0.2, 0) is 0 Å². The molecule has 0 spiro atoms. The highest BCUT2D eigenvalue weighted by Crippen LogP contribution is 2.40. The first-order chi connectivity index (χ1) is 7.02. The number of fused-ring (bicyclic) bond motifs is 1. The Hall–Kier alpha value is -2.37. The van der Waals surface area contributed by atoms with E-state index in [0.29, 0.717) is 0 Å². The second kappa shape index (κ2) is 2.81. The van der Waals surface area contributed by atoms with Crippen LogP contribution in [0.5, 0.6) is 23.2 Å². The highest BCUT2D eigenvalue weighted by Gasteiger charge is 2.17. The van der Waals surface area contributed by atoms with Gasteiger partial charge in [-0.15, -0.1) is 0 Å². The molecule has 6 heteroatoms. The van der Waals surface area contributed by atoms with Gasteiger partial charge in [0.05, 0.1) is 10.8 Å². The Bertz CT molecular complexity index is 598. The fourth-order valence-electron chi connectivity index (χ4n) is 1.29. The third-order valence-electron chi connectivity index (χ3n) is 2.01. The average molecular weight is 210 g/mol. The van der Waals surface area contributed by atoms with Crippen LogP contribution >= 0.6 is 0 Å². The summed E-state index contributed by atoms with van der Waals surface area (Å²) < 4.78 is 4.27. The fourth-order valence-corrected chi connectivity index (χ4v) is 1.29. The van der Waals surface area contributed by atoms with E-state index in [-0.39, 0.29) is 10.8 Å². The van der Waals surface area contributed by atoms with Crippen LogP contribution in [0.3, 0.4) is 0 Å². The Morgan fingerprint density at radius 1 is 1.00 bits per heavy atom. The third kappa shape index (κ3) is 1.15. The molecule has 1 aromatic heterocycles. The van der Waals surface area contributed by atoms with E-state index in [4.69, 9.17) is 5.11 Å². The molecule has 0 fully saturated rings. The predicted octanol–water partition coefficient (Wildman–Crippen LogP) is 0.615. The van der Waals surface area contributed by atoms with Crippen molar-refractivity contribution < 1.29 is 24.8 Å². The van der Waals surface area contributed by atoms with Crippen LogP contribution in [0, 0.1) is 0 Å². The minimum Gasteiger partial charge on any atom is -0.504 e. The van der Waals surface area contributed by atoms with Gasteiger partial charge >= 0.3 is 5.63 Å². The molecule has 0 aliphatic heterocycles. The van der Waals surface area contributed by atoms with E-state index >= 15 is 0 Å². The molecule has 78 valence electrons. The first kappa shape index (κ1) is 9.20. The van der Waals surface area contributed by atoms with Crippen LogP contribution in [-0.4, -0.2) is 20.4 Å². The number of rotatable bonds is 0. The van der Waals surface area contributed by atoms with Crippen molar-refractivity contribution in [1.29, 1.82) is 0 Å². The first-order valence-electron chi connectivity index (χ1n) is 3.92. The predicted molar refractivity (Wildman–Crippen MR) is 49.1 cm³/mol. The zero-order chi connectivity index (χ0) is 11.2. The zero-order valence-corrected chi connectivity index (χ0v) is 7.26. The lowest BCUT2D eigenvalue weighted by Crippen LogP contribution is -1.98. The largest absolute Gasteiger partial charge is 0.504 e. The van der Waals surface area contributed by atoms with Crippen LogP contribution in [0.1, 0.15) is 0 Å². The number of phenols is 2. The summed E-state index contributed by atoms with van der Waals surface area (Å²) in [5.74, 6) is -2.80. The highest BCUT2D eigenvalue weighted by atomic mass is 16.5. The van der Waals surface area contributed by atoms with Gasteiger partial charge in [0.2, 0.25) is 5.75 Å². The van der Waals surface area contributed by atoms with Gasteiger partial charge in [-0.1, -0.05) is 0 Å². The summed E-state index contributed by atoms with van der Waals surface area (Å²) in [6.07, 6.45) is 0. The average Bonchev–Trinajstić information content (AvgIpc) is 2.19. The molecule has 15 heavy (non-hydrogen) atoms. The molecular weight excluding hydrogens is 204 g/mol. The molecule has 6 nitrogen and oxygen atoms in total. The lowest BCUT2D eigenvalue weighted by atomic mass is 10.1. The molecule has 0 aliphatic carbocycles. The maximum atomic E-state index is 10.9. The first-order valence-corrected chi connectivity index (χ1v) is 3.92. The Kier molecular flexibility index (Phi) is 1.72. The Morgan fingerprint density at radius 2 is 1.67 bits per heavy atom. The van der Waals surface area contributed by atoms with Gasteiger partial charge in [0.25, 0.3) is 5.95 Å². The minimum absolute atomic E-state index is 0.0672. The zero-order valence-electron chi connectivity index (χ0n) is 7.26. The van der Waals surface area contributed by atoms with Crippen molar-refractivity contribution in [3.8, 4) is 23.2 Å². The van der Waals surface area contributed by atoms with Crippen LogP contribution in [0.2, 0.25) is 0 Å². The smallest absolute Gasteiger partial charge is 0.381 e. The molecule has 0 unspecified atom stereocenters. The molecule has 0 aliphatic rings. The summed E-state index contributed by atoms with van der Waals surface area (Å²) in [6.45, 7) is 0. The van der Waals surface area contributed by atoms with Crippen LogP contribution < -0.4 is 5.63 Å². The lowest BCUT2D eigenvalue weighted by molar-refractivity contribution is 0.303. The molecule has 0 radical (unpaired) electrons. The summed E-state index contributed by atoms with van der Waals surface area (Å²) in [7, 11) is 0. The van der Waals surface area contributed by atoms with Crippen LogP contribution in [0.15, 0.2) is 21.3 Å². The van der Waals surface area contributed by atoms with E-state index in [1.54, 1.807) is 0 Å². The van der Waals surface area contributed by atoms with Crippen molar-refractivity contribution in [2.75, 3.05) is 0 Å². The van der Waals surface area contributed by atoms with Gasteiger partial charge in [-0.25, -0.2) is 4.79 Å². The maximum Gasteiger partial charge on any atom is 0.381 e. The van der Waals surface area contributed by atoms with Gasteiger partial charge < -0.3 is 24.8 Å². The van der Waals surface area contributed by atoms with Gasteiger partial charge in [-0.3, -0.25) is 0 Å². The summed E-state index contributed by atoms with van der Waals surface area (Å²) in [5.41, 5.74) is -1.19. The van der Waals surface area contributed by atoms with Crippen molar-refractivity contribution >= 4 is 10.8 Å². The van der Waals surface area contributed by atoms with Crippen molar-refractivity contribution in [2.45, 2.75) is 0 Å². The monoisotopic (exact) mass is 210 g/mol. The van der Waals surface area contributed by atoms with Crippen molar-refractivity contribution in [2.24, 2.45) is 0 Å². The number of hydrogen-bond donors (Lipinski definition) is 4. The van der Waals surface area contributed by atoms with Crippen molar-refractivity contribution in [1.82, 2.24) is 0 Å². The molecule has 0 amide bonds. The molecule has 1 aromatic carbocycles. The lowest BCUT2D eigenvalue weighted by Gasteiger charge is -2.04. The van der Waals surface area contributed by atoms with E-state index in [2.05, 4.69) is 4.42 Å².